The zero-order valence-corrected chi connectivity index (χ0v) is 14.7. The summed E-state index contributed by atoms with van der Waals surface area (Å²) in [6.45, 7) is 5.44. The molecule has 0 N–H and O–H groups in total. The fraction of sp³-hybridized carbons (Fsp3) is 0.833. The van der Waals surface area contributed by atoms with Gasteiger partial charge in [-0.3, -0.25) is 0 Å². The van der Waals surface area contributed by atoms with Crippen LogP contribution in [0.4, 0.5) is 0 Å². The van der Waals surface area contributed by atoms with Crippen LogP contribution in [0.25, 0.3) is 0 Å². The molecular formula is C12H27BN2Sn. The van der Waals surface area contributed by atoms with Crippen LogP contribution in [0.5, 0.6) is 0 Å². The van der Waals surface area contributed by atoms with Crippen LogP contribution >= 0.6 is 0 Å². The molecule has 0 spiro atoms. The first-order chi connectivity index (χ1) is 7.32. The molecule has 1 atom stereocenters. The molecule has 0 radical (unpaired) electrons. The number of hydrogen-bond acceptors (Lipinski definition) is 2. The van der Waals surface area contributed by atoms with E-state index in [4.69, 9.17) is 0 Å². The molecule has 1 fully saturated rings. The molecule has 16 heavy (non-hydrogen) atoms. The molecular weight excluding hydrogens is 302 g/mol. The quantitative estimate of drug-likeness (QED) is 0.578. The summed E-state index contributed by atoms with van der Waals surface area (Å²) >= 11 is -1.68. The summed E-state index contributed by atoms with van der Waals surface area (Å²) < 4.78 is 0.853. The van der Waals surface area contributed by atoms with E-state index in [1.165, 1.54) is 19.4 Å². The van der Waals surface area contributed by atoms with Crippen LogP contribution in [0.15, 0.2) is 12.2 Å². The minimum absolute atomic E-state index is 0.624. The number of likely N-dealkylation sites (N-methyl/N-ethyl adjacent to an activating group) is 2. The Kier molecular flexibility index (Phi) is 5.39. The second-order valence-corrected chi connectivity index (χ2v) is 22.4. The third kappa shape index (κ3) is 4.08. The van der Waals surface area contributed by atoms with Crippen LogP contribution in [0.2, 0.25) is 25.1 Å². The first-order valence-corrected chi connectivity index (χ1v) is 16.6. The molecule has 1 heterocycles. The van der Waals surface area contributed by atoms with Gasteiger partial charge >= 0.3 is 106 Å². The molecule has 0 aliphatic carbocycles. The average Bonchev–Trinajstić information content (AvgIpc) is 2.47. The van der Waals surface area contributed by atoms with Crippen LogP contribution < -0.4 is 0 Å². The van der Waals surface area contributed by atoms with E-state index < -0.39 is 18.4 Å². The van der Waals surface area contributed by atoms with Gasteiger partial charge in [0, 0.05) is 0 Å². The Morgan fingerprint density at radius 1 is 1.19 bits per heavy atom. The first kappa shape index (κ1) is 14.6. The normalized spacial score (nSPS) is 22.2. The van der Waals surface area contributed by atoms with Crippen LogP contribution in [0, 0.1) is 0 Å². The Morgan fingerprint density at radius 3 is 2.12 bits per heavy atom. The molecule has 0 aromatic rings. The van der Waals surface area contributed by atoms with Crippen LogP contribution in [0.1, 0.15) is 6.92 Å². The molecule has 1 aliphatic rings. The van der Waals surface area contributed by atoms with E-state index in [0.29, 0.717) is 6.98 Å². The van der Waals surface area contributed by atoms with Crippen molar-refractivity contribution in [1.29, 1.82) is 0 Å². The van der Waals surface area contributed by atoms with Gasteiger partial charge in [-0.25, -0.2) is 0 Å². The molecule has 1 unspecified atom stereocenters. The average molecular weight is 329 g/mol. The standard InChI is InChI=1S/C9H18BN2.3CH3.Sn/c1-4-5-6-7-10-11(2)8-9-12(10)3;;;;/h4-6H,7-9H2,1-3H3;3*1H3;. The van der Waals surface area contributed by atoms with Crippen molar-refractivity contribution in [3.63, 3.8) is 0 Å². The molecule has 1 saturated heterocycles. The monoisotopic (exact) mass is 330 g/mol. The van der Waals surface area contributed by atoms with E-state index in [1.54, 1.807) is 0 Å². The van der Waals surface area contributed by atoms with Gasteiger partial charge in [-0.1, -0.05) is 0 Å². The SMILES string of the molecule is C[CH](C=CCB1N(C)CCN1C)[Sn]([CH3])([CH3])[CH3]. The maximum atomic E-state index is 2.51. The van der Waals surface area contributed by atoms with Gasteiger partial charge < -0.3 is 0 Å². The number of allylic oxidation sites excluding steroid dienone is 2. The molecule has 2 nitrogen and oxygen atoms in total. The summed E-state index contributed by atoms with van der Waals surface area (Å²) in [7, 11) is 4.46. The van der Waals surface area contributed by atoms with Gasteiger partial charge in [-0.2, -0.15) is 0 Å². The predicted octanol–water partition coefficient (Wildman–Crippen LogP) is 2.64. The number of hydrogen-bond donors (Lipinski definition) is 0. The van der Waals surface area contributed by atoms with Crippen molar-refractivity contribution >= 4 is 25.4 Å². The van der Waals surface area contributed by atoms with Crippen molar-refractivity contribution in [2.45, 2.75) is 32.0 Å². The molecule has 4 heteroatoms. The predicted molar refractivity (Wildman–Crippen MR) is 77.7 cm³/mol. The summed E-state index contributed by atoms with van der Waals surface area (Å²) in [5.41, 5.74) is 0. The summed E-state index contributed by atoms with van der Waals surface area (Å²) in [5.74, 6) is 0. The zero-order valence-electron chi connectivity index (χ0n) is 11.8. The van der Waals surface area contributed by atoms with E-state index in [-0.39, 0.29) is 0 Å². The van der Waals surface area contributed by atoms with Crippen molar-refractivity contribution in [2.75, 3.05) is 27.2 Å². The van der Waals surface area contributed by atoms with E-state index in [1.807, 2.05) is 0 Å². The Balaban J connectivity index is 2.42. The van der Waals surface area contributed by atoms with Gasteiger partial charge in [0.1, 0.15) is 0 Å². The van der Waals surface area contributed by atoms with Gasteiger partial charge in [0.15, 0.2) is 0 Å². The molecule has 1 aliphatic heterocycles. The molecule has 92 valence electrons. The second kappa shape index (κ2) is 5.92. The van der Waals surface area contributed by atoms with Crippen molar-refractivity contribution in [3.8, 4) is 0 Å². The van der Waals surface area contributed by atoms with Crippen LogP contribution in [0.3, 0.4) is 0 Å². The summed E-state index contributed by atoms with van der Waals surface area (Å²) in [6.07, 6.45) is 6.06. The molecule has 0 bridgehead atoms. The van der Waals surface area contributed by atoms with Gasteiger partial charge in [-0.05, 0) is 0 Å². The Hall–Kier alpha value is 0.524. The molecule has 0 aromatic carbocycles. The van der Waals surface area contributed by atoms with Crippen molar-refractivity contribution in [3.05, 3.63) is 12.2 Å². The fourth-order valence-corrected chi connectivity index (χ4v) is 4.04. The molecule has 1 rings (SSSR count). The summed E-state index contributed by atoms with van der Waals surface area (Å²) in [6, 6.07) is 0. The van der Waals surface area contributed by atoms with Gasteiger partial charge in [0.25, 0.3) is 0 Å². The number of rotatable bonds is 4. The Bertz CT molecular complexity index is 240. The van der Waals surface area contributed by atoms with E-state index in [2.05, 4.69) is 57.6 Å². The van der Waals surface area contributed by atoms with Crippen LogP contribution in [-0.2, 0) is 0 Å². The molecule has 0 aromatic heterocycles. The summed E-state index contributed by atoms with van der Waals surface area (Å²) in [5, 5.41) is 0. The summed E-state index contributed by atoms with van der Waals surface area (Å²) in [4.78, 5) is 12.4. The zero-order chi connectivity index (χ0) is 12.3. The van der Waals surface area contributed by atoms with E-state index >= 15 is 0 Å². The minimum atomic E-state index is -1.68. The Labute approximate surface area is 106 Å². The first-order valence-electron chi connectivity index (χ1n) is 6.39. The number of nitrogens with zero attached hydrogens (tertiary/aromatic N) is 2. The second-order valence-electron chi connectivity index (χ2n) is 6.26. The molecule has 0 amide bonds. The fourth-order valence-electron chi connectivity index (χ4n) is 2.00. The maximum absolute atomic E-state index is 2.51. The third-order valence-corrected chi connectivity index (χ3v) is 12.3. The van der Waals surface area contributed by atoms with Gasteiger partial charge in [0.2, 0.25) is 0 Å². The van der Waals surface area contributed by atoms with E-state index in [9.17, 15) is 0 Å². The topological polar surface area (TPSA) is 6.48 Å². The van der Waals surface area contributed by atoms with Crippen molar-refractivity contribution in [2.24, 2.45) is 0 Å². The van der Waals surface area contributed by atoms with Crippen molar-refractivity contribution in [1.82, 2.24) is 9.62 Å². The van der Waals surface area contributed by atoms with Crippen LogP contribution in [-0.4, -0.2) is 62.2 Å². The Morgan fingerprint density at radius 2 is 1.69 bits per heavy atom. The van der Waals surface area contributed by atoms with Gasteiger partial charge in [0.05, 0.1) is 0 Å². The molecule has 0 saturated carbocycles. The third-order valence-electron chi connectivity index (χ3n) is 3.96. The van der Waals surface area contributed by atoms with Gasteiger partial charge in [-0.15, -0.1) is 0 Å². The van der Waals surface area contributed by atoms with Crippen molar-refractivity contribution < 1.29 is 0 Å². The van der Waals surface area contributed by atoms with E-state index in [0.717, 1.165) is 3.93 Å².